The number of hydrogen-bond donors (Lipinski definition) is 1. The van der Waals surface area contributed by atoms with Crippen LogP contribution >= 0.6 is 0 Å². The zero-order chi connectivity index (χ0) is 39.3. The summed E-state index contributed by atoms with van der Waals surface area (Å²) in [5, 5.41) is 21.0. The molecule has 12 heteroatoms. The molecule has 0 spiro atoms. The highest BCUT2D eigenvalue weighted by molar-refractivity contribution is 7.87. The third-order valence-electron chi connectivity index (χ3n) is 9.56. The van der Waals surface area contributed by atoms with Gasteiger partial charge in [0.25, 0.3) is 10.1 Å². The first-order valence-corrected chi connectivity index (χ1v) is 21.7. The monoisotopic (exact) mass is 755 g/mol. The number of carbonyl (C=O) groups is 2. The molecule has 0 aliphatic heterocycles. The Labute approximate surface area is 316 Å². The topological polar surface area (TPSA) is 152 Å². The molecule has 2 heterocycles. The van der Waals surface area contributed by atoms with Gasteiger partial charge in [0, 0.05) is 11.4 Å². The van der Waals surface area contributed by atoms with Crippen LogP contribution in [-0.4, -0.2) is 39.3 Å². The minimum atomic E-state index is -5.15. The Morgan fingerprint density at radius 3 is 1.21 bits per heavy atom. The largest absolute Gasteiger partial charge is 0.549 e. The van der Waals surface area contributed by atoms with Crippen LogP contribution in [0, 0.1) is 5.41 Å². The number of aromatic nitrogens is 4. The molecule has 11 nitrogen and oxygen atoms in total. The summed E-state index contributed by atoms with van der Waals surface area (Å²) in [5.41, 5.74) is -2.18. The highest BCUT2D eigenvalue weighted by Gasteiger charge is 2.47. The van der Waals surface area contributed by atoms with Crippen molar-refractivity contribution in [1.82, 2.24) is 9.13 Å². The zero-order valence-electron chi connectivity index (χ0n) is 33.6. The molecule has 0 aromatic carbocycles. The first-order chi connectivity index (χ1) is 24.8. The Bertz CT molecular complexity index is 1230. The normalized spacial score (nSPS) is 12.1. The lowest BCUT2D eigenvalue weighted by atomic mass is 9.74. The molecule has 302 valence electrons. The van der Waals surface area contributed by atoms with E-state index < -0.39 is 32.7 Å². The maximum Gasteiger partial charge on any atom is 0.274 e. The van der Waals surface area contributed by atoms with E-state index >= 15 is 0 Å². The van der Waals surface area contributed by atoms with Gasteiger partial charge in [-0.25, -0.2) is 18.3 Å². The smallest absolute Gasteiger partial charge is 0.274 e. The molecule has 0 amide bonds. The van der Waals surface area contributed by atoms with Crippen molar-refractivity contribution in [3.63, 3.8) is 0 Å². The fraction of sp³-hybridized carbons (Fsp3) is 0.800. The van der Waals surface area contributed by atoms with Crippen LogP contribution in [-0.2, 0) is 46.9 Å². The van der Waals surface area contributed by atoms with Gasteiger partial charge in [0.05, 0.1) is 33.2 Å². The number of aliphatic carboxylic acids is 2. The van der Waals surface area contributed by atoms with Crippen LogP contribution in [0.15, 0.2) is 37.4 Å². The molecule has 0 saturated heterocycles. The molecule has 52 heavy (non-hydrogen) atoms. The van der Waals surface area contributed by atoms with E-state index in [0.29, 0.717) is 25.7 Å². The molecular formula is C40H74N4O7S. The van der Waals surface area contributed by atoms with Gasteiger partial charge in [-0.15, -0.1) is 0 Å². The van der Waals surface area contributed by atoms with Crippen LogP contribution in [0.3, 0.4) is 0 Å². The molecule has 0 fully saturated rings. The van der Waals surface area contributed by atoms with E-state index in [1.54, 1.807) is 0 Å². The fourth-order valence-electron chi connectivity index (χ4n) is 6.48. The second kappa shape index (κ2) is 29.7. The summed E-state index contributed by atoms with van der Waals surface area (Å²) in [6.07, 6.45) is 33.0. The van der Waals surface area contributed by atoms with E-state index in [9.17, 15) is 32.8 Å². The number of nitrogens with zero attached hydrogens (tertiary/aromatic N) is 4. The van der Waals surface area contributed by atoms with Crippen LogP contribution in [0.4, 0.5) is 0 Å². The Hall–Kier alpha value is -2.73. The molecule has 0 saturated carbocycles. The lowest BCUT2D eigenvalue weighted by Gasteiger charge is -2.40. The second-order valence-electron chi connectivity index (χ2n) is 14.4. The maximum absolute atomic E-state index is 12.0. The summed E-state index contributed by atoms with van der Waals surface area (Å²) >= 11 is 0. The molecule has 2 aromatic heterocycles. The Balaban J connectivity index is 0.000000880. The highest BCUT2D eigenvalue weighted by Crippen LogP contribution is 2.38. The number of aryl methyl sites for hydroxylation is 4. The molecule has 1 atom stereocenters. The quantitative estimate of drug-likeness (QED) is 0.0634. The summed E-state index contributed by atoms with van der Waals surface area (Å²) in [6.45, 7) is 11.0. The standard InChI is InChI=1S/C20H38O7S.2C10H19N2/c1-3-5-7-9-11-13-15-20(19(23)24,16-14-12-10-8-6-4-2)17(18(21)22)28(25,26)27;2*1-3-4-5-6-7-12-9-8-11(2)10-12/h17H,3-16H2,1-2H3,(H,21,22)(H,23,24)(H,25,26,27);2*8-10H,3-7H2,1-2H3/q;2*+1/p-2. The van der Waals surface area contributed by atoms with E-state index in [0.717, 1.165) is 51.4 Å². The van der Waals surface area contributed by atoms with Crippen molar-refractivity contribution < 1.29 is 41.9 Å². The third kappa shape index (κ3) is 22.4. The van der Waals surface area contributed by atoms with Gasteiger partial charge >= 0.3 is 0 Å². The third-order valence-corrected chi connectivity index (χ3v) is 10.8. The first-order valence-electron chi connectivity index (χ1n) is 20.2. The number of imidazole rings is 2. The van der Waals surface area contributed by atoms with Crippen molar-refractivity contribution >= 4 is 22.1 Å². The van der Waals surface area contributed by atoms with E-state index in [1.165, 1.54) is 64.5 Å². The number of carboxylic acid groups (broad SMARTS) is 2. The summed E-state index contributed by atoms with van der Waals surface area (Å²) in [7, 11) is -1.04. The van der Waals surface area contributed by atoms with Gasteiger partial charge in [0.1, 0.15) is 30.0 Å². The molecule has 0 bridgehead atoms. The zero-order valence-corrected chi connectivity index (χ0v) is 34.4. The SMILES string of the molecule is CCCCCCCCC(CCCCCCCC)(C(=O)[O-])C(C(=O)[O-])S(=O)(=O)O.CCCCCC[n+]1ccn(C)c1.CCCCCC[n+]1ccn(C)c1. The van der Waals surface area contributed by atoms with Crippen LogP contribution in [0.1, 0.15) is 169 Å². The minimum absolute atomic E-state index is 0.172. The van der Waals surface area contributed by atoms with Gasteiger partial charge in [-0.3, -0.25) is 4.55 Å². The van der Waals surface area contributed by atoms with Crippen molar-refractivity contribution in [2.45, 2.75) is 187 Å². The summed E-state index contributed by atoms with van der Waals surface area (Å²) in [4.78, 5) is 23.5. The Morgan fingerprint density at radius 2 is 0.942 bits per heavy atom. The van der Waals surface area contributed by atoms with Gasteiger partial charge in [-0.1, -0.05) is 130 Å². The van der Waals surface area contributed by atoms with Crippen molar-refractivity contribution in [2.24, 2.45) is 19.5 Å². The molecule has 0 aliphatic rings. The number of carbonyl (C=O) groups excluding carboxylic acids is 2. The van der Waals surface area contributed by atoms with Gasteiger partial charge in [-0.05, 0) is 38.5 Å². The molecule has 0 aliphatic carbocycles. The fourth-order valence-corrected chi connectivity index (χ4v) is 7.63. The van der Waals surface area contributed by atoms with E-state index in [-0.39, 0.29) is 12.8 Å². The molecule has 1 unspecified atom stereocenters. The average molecular weight is 755 g/mol. The molecule has 2 rings (SSSR count). The summed E-state index contributed by atoms with van der Waals surface area (Å²) < 4.78 is 41.5. The van der Waals surface area contributed by atoms with Crippen LogP contribution in [0.2, 0.25) is 0 Å². The second-order valence-corrected chi connectivity index (χ2v) is 15.9. The summed E-state index contributed by atoms with van der Waals surface area (Å²) in [5.74, 6) is -3.84. The predicted molar refractivity (Wildman–Crippen MR) is 203 cm³/mol. The lowest BCUT2D eigenvalue weighted by Crippen LogP contribution is -2.59. The molecular weight excluding hydrogens is 681 g/mol. The van der Waals surface area contributed by atoms with E-state index in [2.05, 4.69) is 97.5 Å². The summed E-state index contributed by atoms with van der Waals surface area (Å²) in [6, 6.07) is 0. The Morgan fingerprint density at radius 1 is 0.615 bits per heavy atom. The molecule has 2 aromatic rings. The van der Waals surface area contributed by atoms with E-state index in [4.69, 9.17) is 0 Å². The van der Waals surface area contributed by atoms with Gasteiger partial charge in [0.15, 0.2) is 0 Å². The predicted octanol–water partition coefficient (Wildman–Crippen LogP) is 6.02. The van der Waals surface area contributed by atoms with E-state index in [1.807, 2.05) is 0 Å². The Kier molecular flexibility index (Phi) is 28.1. The maximum atomic E-state index is 12.0. The van der Waals surface area contributed by atoms with Crippen LogP contribution in [0.25, 0.3) is 0 Å². The van der Waals surface area contributed by atoms with Crippen LogP contribution in [0.5, 0.6) is 0 Å². The minimum Gasteiger partial charge on any atom is -0.549 e. The van der Waals surface area contributed by atoms with Crippen molar-refractivity contribution in [3.05, 3.63) is 37.4 Å². The van der Waals surface area contributed by atoms with Gasteiger partial charge < -0.3 is 19.8 Å². The lowest BCUT2D eigenvalue weighted by molar-refractivity contribution is -0.697. The number of unbranched alkanes of at least 4 members (excludes halogenated alkanes) is 16. The first kappa shape index (κ1) is 49.3. The number of carboxylic acids is 2. The van der Waals surface area contributed by atoms with Crippen molar-refractivity contribution in [2.75, 3.05) is 0 Å². The van der Waals surface area contributed by atoms with Crippen molar-refractivity contribution in [1.29, 1.82) is 0 Å². The average Bonchev–Trinajstić information content (AvgIpc) is 3.70. The highest BCUT2D eigenvalue weighted by atomic mass is 32.2. The van der Waals surface area contributed by atoms with Gasteiger partial charge in [-0.2, -0.15) is 8.42 Å². The van der Waals surface area contributed by atoms with Gasteiger partial charge in [0.2, 0.25) is 12.7 Å². The number of hydrogen-bond acceptors (Lipinski definition) is 6. The van der Waals surface area contributed by atoms with Crippen LogP contribution < -0.4 is 19.3 Å². The molecule has 1 N–H and O–H groups in total. The van der Waals surface area contributed by atoms with Crippen molar-refractivity contribution in [3.8, 4) is 0 Å². The number of rotatable bonds is 28. The molecule has 0 radical (unpaired) electrons.